The lowest BCUT2D eigenvalue weighted by atomic mass is 9.94. The van der Waals surface area contributed by atoms with E-state index in [4.69, 9.17) is 9.72 Å². The van der Waals surface area contributed by atoms with Crippen molar-refractivity contribution < 1.29 is 9.53 Å². The first-order valence-electron chi connectivity index (χ1n) is 8.78. The molecule has 1 aromatic heterocycles. The molecule has 1 N–H and O–H groups in total. The van der Waals surface area contributed by atoms with Crippen LogP contribution >= 0.6 is 0 Å². The molecule has 0 fully saturated rings. The lowest BCUT2D eigenvalue weighted by Gasteiger charge is -2.30. The van der Waals surface area contributed by atoms with Crippen molar-refractivity contribution in [2.45, 2.75) is 26.8 Å². The van der Waals surface area contributed by atoms with Crippen LogP contribution in [0.2, 0.25) is 0 Å². The topological polar surface area (TPSA) is 56.1 Å². The Bertz CT molecular complexity index is 1020. The number of rotatable bonds is 3. The number of anilines is 1. The number of carbonyl (C=O) groups is 1. The third-order valence-electron chi connectivity index (χ3n) is 4.72. The number of imidazole rings is 1. The van der Waals surface area contributed by atoms with E-state index in [1.165, 1.54) is 5.56 Å². The predicted octanol–water partition coefficient (Wildman–Crippen LogP) is 4.20. The van der Waals surface area contributed by atoms with E-state index in [1.54, 1.807) is 0 Å². The number of esters is 1. The van der Waals surface area contributed by atoms with Crippen LogP contribution in [0.1, 0.15) is 31.0 Å². The number of carbonyl (C=O) groups excluding carboxylic acids is 1. The fourth-order valence-electron chi connectivity index (χ4n) is 3.50. The van der Waals surface area contributed by atoms with Gasteiger partial charge in [-0.15, -0.1) is 0 Å². The molecule has 0 saturated carbocycles. The molecule has 1 aliphatic heterocycles. The molecule has 0 unspecified atom stereocenters. The van der Waals surface area contributed by atoms with Gasteiger partial charge in [-0.05, 0) is 38.5 Å². The molecule has 132 valence electrons. The summed E-state index contributed by atoms with van der Waals surface area (Å²) in [6.07, 6.45) is 0. The first-order chi connectivity index (χ1) is 12.6. The van der Waals surface area contributed by atoms with Gasteiger partial charge < -0.3 is 10.1 Å². The maximum atomic E-state index is 12.8. The Morgan fingerprint density at radius 1 is 1.15 bits per heavy atom. The Balaban J connectivity index is 1.97. The summed E-state index contributed by atoms with van der Waals surface area (Å²) >= 11 is 0. The van der Waals surface area contributed by atoms with Crippen LogP contribution in [0.4, 0.5) is 5.95 Å². The van der Waals surface area contributed by atoms with Gasteiger partial charge in [0.05, 0.1) is 29.3 Å². The van der Waals surface area contributed by atoms with Gasteiger partial charge in [0.2, 0.25) is 5.95 Å². The molecule has 1 atom stereocenters. The SMILES string of the molecule is CCOC(=O)C1=C(C)Nc2nc3ccccc3n2[C@H]1c1ccc(C)cc1. The molecule has 0 spiro atoms. The van der Waals surface area contributed by atoms with Crippen molar-refractivity contribution in [3.63, 3.8) is 0 Å². The number of hydrogen-bond acceptors (Lipinski definition) is 4. The third-order valence-corrected chi connectivity index (χ3v) is 4.72. The standard InChI is InChI=1S/C21H21N3O2/c1-4-26-20(25)18-14(3)22-21-23-16-7-5-6-8-17(16)24(21)19(18)15-11-9-13(2)10-12-15/h5-12,19H,4H2,1-3H3,(H,22,23)/t19-/m0/s1. The highest BCUT2D eigenvalue weighted by molar-refractivity contribution is 5.94. The minimum absolute atomic E-state index is 0.279. The second-order valence-electron chi connectivity index (χ2n) is 6.49. The zero-order valence-electron chi connectivity index (χ0n) is 15.1. The molecule has 3 aromatic rings. The second-order valence-corrected chi connectivity index (χ2v) is 6.49. The first-order valence-corrected chi connectivity index (χ1v) is 8.78. The van der Waals surface area contributed by atoms with E-state index in [2.05, 4.69) is 41.1 Å². The van der Waals surface area contributed by atoms with Crippen LogP contribution < -0.4 is 5.32 Å². The highest BCUT2D eigenvalue weighted by atomic mass is 16.5. The number of ether oxygens (including phenoxy) is 1. The van der Waals surface area contributed by atoms with E-state index in [1.807, 2.05) is 38.1 Å². The van der Waals surface area contributed by atoms with Gasteiger partial charge in [0.1, 0.15) is 0 Å². The normalized spacial score (nSPS) is 16.3. The molecule has 0 radical (unpaired) electrons. The average Bonchev–Trinajstić information content (AvgIpc) is 2.99. The molecular weight excluding hydrogens is 326 g/mol. The Labute approximate surface area is 152 Å². The summed E-state index contributed by atoms with van der Waals surface area (Å²) in [6, 6.07) is 15.9. The fourth-order valence-corrected chi connectivity index (χ4v) is 3.50. The Kier molecular flexibility index (Phi) is 3.99. The molecule has 4 rings (SSSR count). The lowest BCUT2D eigenvalue weighted by Crippen LogP contribution is -2.29. The van der Waals surface area contributed by atoms with Gasteiger partial charge in [0.25, 0.3) is 0 Å². The number of allylic oxidation sites excluding steroid dienone is 1. The number of aromatic nitrogens is 2. The van der Waals surface area contributed by atoms with Gasteiger partial charge in [-0.2, -0.15) is 0 Å². The van der Waals surface area contributed by atoms with Crippen molar-refractivity contribution in [1.82, 2.24) is 9.55 Å². The highest BCUT2D eigenvalue weighted by Crippen LogP contribution is 2.39. The van der Waals surface area contributed by atoms with Crippen LogP contribution in [0.5, 0.6) is 0 Å². The van der Waals surface area contributed by atoms with Crippen molar-refractivity contribution in [3.8, 4) is 0 Å². The van der Waals surface area contributed by atoms with Crippen molar-refractivity contribution in [1.29, 1.82) is 0 Å². The number of para-hydroxylation sites is 2. The summed E-state index contributed by atoms with van der Waals surface area (Å²) in [4.78, 5) is 17.5. The molecule has 0 aliphatic carbocycles. The number of benzene rings is 2. The number of nitrogens with zero attached hydrogens (tertiary/aromatic N) is 2. The zero-order valence-corrected chi connectivity index (χ0v) is 15.1. The van der Waals surface area contributed by atoms with Gasteiger partial charge in [-0.25, -0.2) is 9.78 Å². The summed E-state index contributed by atoms with van der Waals surface area (Å²) < 4.78 is 7.44. The van der Waals surface area contributed by atoms with Crippen LogP contribution in [-0.4, -0.2) is 22.1 Å². The number of aryl methyl sites for hydroxylation is 1. The zero-order chi connectivity index (χ0) is 18.3. The summed E-state index contributed by atoms with van der Waals surface area (Å²) in [5.74, 6) is 0.439. The van der Waals surface area contributed by atoms with Crippen LogP contribution in [0.25, 0.3) is 11.0 Å². The van der Waals surface area contributed by atoms with Gasteiger partial charge in [0, 0.05) is 5.70 Å². The molecular formula is C21H21N3O2. The van der Waals surface area contributed by atoms with Crippen molar-refractivity contribution in [3.05, 3.63) is 70.9 Å². The average molecular weight is 347 g/mol. The van der Waals surface area contributed by atoms with Crippen LogP contribution in [-0.2, 0) is 9.53 Å². The predicted molar refractivity (Wildman–Crippen MR) is 102 cm³/mol. The van der Waals surface area contributed by atoms with E-state index in [-0.39, 0.29) is 12.0 Å². The van der Waals surface area contributed by atoms with Crippen LogP contribution in [0, 0.1) is 6.92 Å². The van der Waals surface area contributed by atoms with Gasteiger partial charge in [-0.3, -0.25) is 4.57 Å². The van der Waals surface area contributed by atoms with E-state index in [9.17, 15) is 4.79 Å². The highest BCUT2D eigenvalue weighted by Gasteiger charge is 2.34. The third kappa shape index (κ3) is 2.56. The first kappa shape index (κ1) is 16.4. The number of nitrogens with one attached hydrogen (secondary N) is 1. The maximum Gasteiger partial charge on any atom is 0.338 e. The smallest absolute Gasteiger partial charge is 0.338 e. The second kappa shape index (κ2) is 6.33. The van der Waals surface area contributed by atoms with Gasteiger partial charge >= 0.3 is 5.97 Å². The quantitative estimate of drug-likeness (QED) is 0.722. The molecule has 2 heterocycles. The van der Waals surface area contributed by atoms with Crippen molar-refractivity contribution >= 4 is 23.0 Å². The van der Waals surface area contributed by atoms with E-state index < -0.39 is 0 Å². The molecule has 0 amide bonds. The molecule has 5 nitrogen and oxygen atoms in total. The minimum Gasteiger partial charge on any atom is -0.463 e. The summed E-state index contributed by atoms with van der Waals surface area (Å²) in [5, 5.41) is 3.28. The summed E-state index contributed by atoms with van der Waals surface area (Å²) in [5.41, 5.74) is 5.48. The largest absolute Gasteiger partial charge is 0.463 e. The molecule has 0 bridgehead atoms. The molecule has 1 aliphatic rings. The molecule has 2 aromatic carbocycles. The molecule has 0 saturated heterocycles. The number of fused-ring (bicyclic) bond motifs is 3. The van der Waals surface area contributed by atoms with Crippen molar-refractivity contribution in [2.75, 3.05) is 11.9 Å². The Morgan fingerprint density at radius 2 is 1.88 bits per heavy atom. The lowest BCUT2D eigenvalue weighted by molar-refractivity contribution is -0.139. The van der Waals surface area contributed by atoms with Crippen LogP contribution in [0.3, 0.4) is 0 Å². The Morgan fingerprint density at radius 3 is 2.62 bits per heavy atom. The summed E-state index contributed by atoms with van der Waals surface area (Å²) in [7, 11) is 0. The molecule has 26 heavy (non-hydrogen) atoms. The maximum absolute atomic E-state index is 12.8. The monoisotopic (exact) mass is 347 g/mol. The molecule has 5 heteroatoms. The van der Waals surface area contributed by atoms with Gasteiger partial charge in [-0.1, -0.05) is 42.0 Å². The van der Waals surface area contributed by atoms with Crippen molar-refractivity contribution in [2.24, 2.45) is 0 Å². The minimum atomic E-state index is -0.300. The Hall–Kier alpha value is -3.08. The van der Waals surface area contributed by atoms with E-state index >= 15 is 0 Å². The van der Waals surface area contributed by atoms with E-state index in [0.717, 1.165) is 28.2 Å². The van der Waals surface area contributed by atoms with E-state index in [0.29, 0.717) is 12.2 Å². The van der Waals surface area contributed by atoms with Crippen LogP contribution in [0.15, 0.2) is 59.8 Å². The number of hydrogen-bond donors (Lipinski definition) is 1. The van der Waals surface area contributed by atoms with Gasteiger partial charge in [0.15, 0.2) is 0 Å². The fraction of sp³-hybridized carbons (Fsp3) is 0.238. The summed E-state index contributed by atoms with van der Waals surface area (Å²) in [6.45, 7) is 6.12.